The van der Waals surface area contributed by atoms with Crippen molar-refractivity contribution in [2.75, 3.05) is 6.54 Å². The van der Waals surface area contributed by atoms with Crippen LogP contribution in [0.2, 0.25) is 0 Å². The molecule has 2 aromatic rings. The number of carbonyl (C=O) groups is 1. The molecule has 0 unspecified atom stereocenters. The molecule has 3 heterocycles. The summed E-state index contributed by atoms with van der Waals surface area (Å²) in [4.78, 5) is 14.9. The van der Waals surface area contributed by atoms with Gasteiger partial charge in [0, 0.05) is 13.1 Å². The molecule has 2 aliphatic rings. The lowest BCUT2D eigenvalue weighted by molar-refractivity contribution is -0.149. The summed E-state index contributed by atoms with van der Waals surface area (Å²) in [6.07, 6.45) is 0.843. The van der Waals surface area contributed by atoms with Crippen LogP contribution in [-0.2, 0) is 29.6 Å². The summed E-state index contributed by atoms with van der Waals surface area (Å²) in [6.45, 7) is 0.164. The lowest BCUT2D eigenvalue weighted by Crippen LogP contribution is -2.53. The lowest BCUT2D eigenvalue weighted by Gasteiger charge is -2.40. The Bertz CT molecular complexity index is 794. The van der Waals surface area contributed by atoms with Gasteiger partial charge in [-0.05, 0) is 23.3 Å². The van der Waals surface area contributed by atoms with E-state index >= 15 is 0 Å². The highest BCUT2D eigenvalue weighted by molar-refractivity contribution is 5.84. The first-order valence-corrected chi connectivity index (χ1v) is 8.44. The molecule has 4 rings (SSSR count). The topological polar surface area (TPSA) is 94.6 Å². The van der Waals surface area contributed by atoms with E-state index in [9.17, 15) is 18.0 Å². The number of nitrogens with zero attached hydrogens (tertiary/aromatic N) is 8. The van der Waals surface area contributed by atoms with Gasteiger partial charge in [-0.15, -0.1) is 15.3 Å². The second-order valence-electron chi connectivity index (χ2n) is 6.66. The molecule has 1 aliphatic heterocycles. The highest BCUT2D eigenvalue weighted by Crippen LogP contribution is 2.37. The number of tetrazole rings is 1. The van der Waals surface area contributed by atoms with Crippen molar-refractivity contribution in [1.82, 2.24) is 39.9 Å². The molecule has 0 bridgehead atoms. The van der Waals surface area contributed by atoms with Crippen LogP contribution in [0.3, 0.4) is 0 Å². The molecule has 0 saturated heterocycles. The predicted octanol–water partition coefficient (Wildman–Crippen LogP) is 0.985. The molecule has 0 atom stereocenters. The third kappa shape index (κ3) is 2.63. The average Bonchev–Trinajstić information content (AvgIpc) is 3.30. The maximum Gasteiger partial charge on any atom is 0.451 e. The van der Waals surface area contributed by atoms with Crippen LogP contribution < -0.4 is 0 Å². The SMILES string of the molecule is O=C(N1CCn2c(nnc2C(F)(F)F)C1)C1(n2cnnn2)CCCCC1. The Hall–Kier alpha value is -2.53. The number of aromatic nitrogens is 7. The van der Waals surface area contributed by atoms with Crippen molar-refractivity contribution in [3.05, 3.63) is 18.0 Å². The minimum absolute atomic E-state index is 0.00815. The van der Waals surface area contributed by atoms with E-state index in [2.05, 4.69) is 25.7 Å². The Balaban J connectivity index is 1.62. The predicted molar refractivity (Wildman–Crippen MR) is 79.3 cm³/mol. The molecule has 12 heteroatoms. The third-order valence-corrected chi connectivity index (χ3v) is 5.16. The molecule has 1 amide bonds. The Morgan fingerprint density at radius 3 is 2.54 bits per heavy atom. The number of amides is 1. The standard InChI is InChI=1S/C14H17F3N8O/c15-14(16,17)11-20-19-10-8-23(6-7-24(10)11)12(26)13(4-2-1-3-5-13)25-9-18-21-22-25/h9H,1-8H2. The van der Waals surface area contributed by atoms with Crippen LogP contribution in [-0.4, -0.2) is 52.3 Å². The zero-order chi connectivity index (χ0) is 18.4. The fraction of sp³-hybridized carbons (Fsp3) is 0.714. The van der Waals surface area contributed by atoms with E-state index in [0.29, 0.717) is 12.8 Å². The van der Waals surface area contributed by atoms with E-state index in [1.54, 1.807) is 0 Å². The van der Waals surface area contributed by atoms with Crippen molar-refractivity contribution in [3.8, 4) is 0 Å². The van der Waals surface area contributed by atoms with Crippen molar-refractivity contribution < 1.29 is 18.0 Å². The minimum atomic E-state index is -4.56. The van der Waals surface area contributed by atoms with Gasteiger partial charge in [0.15, 0.2) is 5.82 Å². The van der Waals surface area contributed by atoms with Gasteiger partial charge >= 0.3 is 6.18 Å². The van der Waals surface area contributed by atoms with Crippen LogP contribution in [0.5, 0.6) is 0 Å². The minimum Gasteiger partial charge on any atom is -0.331 e. The van der Waals surface area contributed by atoms with Crippen LogP contribution in [0.1, 0.15) is 43.8 Å². The van der Waals surface area contributed by atoms with Crippen LogP contribution in [0.4, 0.5) is 13.2 Å². The molecule has 1 saturated carbocycles. The molecule has 0 aromatic carbocycles. The summed E-state index contributed by atoms with van der Waals surface area (Å²) < 4.78 is 41.5. The third-order valence-electron chi connectivity index (χ3n) is 5.16. The fourth-order valence-electron chi connectivity index (χ4n) is 3.87. The van der Waals surface area contributed by atoms with Crippen LogP contribution >= 0.6 is 0 Å². The summed E-state index contributed by atoms with van der Waals surface area (Å²) in [5.41, 5.74) is -0.878. The van der Waals surface area contributed by atoms with E-state index in [-0.39, 0.29) is 31.4 Å². The quantitative estimate of drug-likeness (QED) is 0.782. The monoisotopic (exact) mass is 370 g/mol. The zero-order valence-corrected chi connectivity index (χ0v) is 13.9. The van der Waals surface area contributed by atoms with E-state index in [1.165, 1.54) is 15.9 Å². The molecule has 9 nitrogen and oxygen atoms in total. The first-order valence-electron chi connectivity index (χ1n) is 8.44. The number of rotatable bonds is 2. The first-order chi connectivity index (χ1) is 12.4. The van der Waals surface area contributed by atoms with Gasteiger partial charge in [0.25, 0.3) is 5.91 Å². The van der Waals surface area contributed by atoms with Gasteiger partial charge in [-0.25, -0.2) is 4.68 Å². The zero-order valence-electron chi connectivity index (χ0n) is 13.9. The molecule has 1 fully saturated rings. The summed E-state index contributed by atoms with van der Waals surface area (Å²) in [5, 5.41) is 18.1. The van der Waals surface area contributed by atoms with E-state index in [0.717, 1.165) is 23.8 Å². The molecule has 140 valence electrons. The van der Waals surface area contributed by atoms with Crippen LogP contribution in [0.25, 0.3) is 0 Å². The Morgan fingerprint density at radius 1 is 1.12 bits per heavy atom. The van der Waals surface area contributed by atoms with Gasteiger partial charge in [0.2, 0.25) is 5.82 Å². The van der Waals surface area contributed by atoms with E-state index < -0.39 is 17.5 Å². The normalized spacial score (nSPS) is 20.0. The van der Waals surface area contributed by atoms with Gasteiger partial charge in [-0.3, -0.25) is 4.79 Å². The number of halogens is 3. The molecule has 0 radical (unpaired) electrons. The summed E-state index contributed by atoms with van der Waals surface area (Å²) in [6, 6.07) is 0. The second kappa shape index (κ2) is 6.02. The summed E-state index contributed by atoms with van der Waals surface area (Å²) >= 11 is 0. The molecule has 1 aliphatic carbocycles. The van der Waals surface area contributed by atoms with Crippen LogP contribution in [0, 0.1) is 0 Å². The molecular weight excluding hydrogens is 353 g/mol. The number of hydrogen-bond donors (Lipinski definition) is 0. The van der Waals surface area contributed by atoms with Gasteiger partial charge in [0.1, 0.15) is 11.9 Å². The fourth-order valence-corrected chi connectivity index (χ4v) is 3.87. The maximum absolute atomic E-state index is 13.3. The summed E-state index contributed by atoms with van der Waals surface area (Å²) in [7, 11) is 0. The molecule has 0 N–H and O–H groups in total. The van der Waals surface area contributed by atoms with Gasteiger partial charge in [-0.1, -0.05) is 19.3 Å². The van der Waals surface area contributed by atoms with Crippen LogP contribution in [0.15, 0.2) is 6.33 Å². The Morgan fingerprint density at radius 2 is 1.88 bits per heavy atom. The van der Waals surface area contributed by atoms with Crippen molar-refractivity contribution in [2.45, 2.75) is 56.9 Å². The molecule has 0 spiro atoms. The van der Waals surface area contributed by atoms with E-state index in [4.69, 9.17) is 0 Å². The van der Waals surface area contributed by atoms with E-state index in [1.807, 2.05) is 0 Å². The Labute approximate surface area is 146 Å². The number of fused-ring (bicyclic) bond motifs is 1. The molecule has 26 heavy (non-hydrogen) atoms. The maximum atomic E-state index is 13.3. The van der Waals surface area contributed by atoms with Crippen molar-refractivity contribution >= 4 is 5.91 Å². The lowest BCUT2D eigenvalue weighted by atomic mass is 9.80. The van der Waals surface area contributed by atoms with Gasteiger partial charge in [0.05, 0.1) is 6.54 Å². The Kier molecular flexibility index (Phi) is 3.92. The largest absolute Gasteiger partial charge is 0.451 e. The summed E-state index contributed by atoms with van der Waals surface area (Å²) in [5.74, 6) is -1.06. The average molecular weight is 370 g/mol. The second-order valence-corrected chi connectivity index (χ2v) is 6.66. The van der Waals surface area contributed by atoms with Crippen molar-refractivity contribution in [2.24, 2.45) is 0 Å². The van der Waals surface area contributed by atoms with Gasteiger partial charge < -0.3 is 9.47 Å². The first kappa shape index (κ1) is 16.9. The molecule has 2 aromatic heterocycles. The number of alkyl halides is 3. The number of hydrogen-bond acceptors (Lipinski definition) is 6. The molecular formula is C14H17F3N8O. The van der Waals surface area contributed by atoms with Crippen molar-refractivity contribution in [3.63, 3.8) is 0 Å². The van der Waals surface area contributed by atoms with Crippen molar-refractivity contribution in [1.29, 1.82) is 0 Å². The number of carbonyl (C=O) groups excluding carboxylic acids is 1. The van der Waals surface area contributed by atoms with Gasteiger partial charge in [-0.2, -0.15) is 13.2 Å². The highest BCUT2D eigenvalue weighted by Gasteiger charge is 2.47. The highest BCUT2D eigenvalue weighted by atomic mass is 19.4. The smallest absolute Gasteiger partial charge is 0.331 e.